The van der Waals surface area contributed by atoms with Gasteiger partial charge in [0, 0.05) is 29.5 Å². The summed E-state index contributed by atoms with van der Waals surface area (Å²) in [7, 11) is 0. The molecule has 1 aliphatic rings. The number of allylic oxidation sites excluding steroid dienone is 1. The molecule has 2 aromatic rings. The minimum atomic E-state index is 0.725. The Morgan fingerprint density at radius 2 is 2.10 bits per heavy atom. The van der Waals surface area contributed by atoms with Crippen LogP contribution >= 0.6 is 11.6 Å². The predicted molar refractivity (Wildman–Crippen MR) is 80.7 cm³/mol. The second kappa shape index (κ2) is 5.69. The molecule has 2 N–H and O–H groups in total. The first-order valence-corrected chi connectivity index (χ1v) is 7.14. The lowest BCUT2D eigenvalue weighted by Crippen LogP contribution is -2.35. The summed E-state index contributed by atoms with van der Waals surface area (Å²) in [6.45, 7) is 0.873. The summed E-state index contributed by atoms with van der Waals surface area (Å²) in [5, 5.41) is 2.56. The first-order valence-electron chi connectivity index (χ1n) is 6.76. The highest BCUT2D eigenvalue weighted by Crippen LogP contribution is 2.32. The van der Waals surface area contributed by atoms with Crippen molar-refractivity contribution < 1.29 is 0 Å². The Kier molecular flexibility index (Phi) is 3.76. The third-order valence-corrected chi connectivity index (χ3v) is 3.90. The molecule has 2 heterocycles. The van der Waals surface area contributed by atoms with Crippen molar-refractivity contribution in [3.8, 4) is 0 Å². The van der Waals surface area contributed by atoms with Gasteiger partial charge in [-0.05, 0) is 25.3 Å². The number of nitrogens with two attached hydrogens (primary N) is 1. The van der Waals surface area contributed by atoms with Crippen LogP contribution in [0.3, 0.4) is 0 Å². The Labute approximate surface area is 123 Å². The molecular formula is C15H17ClN4. The van der Waals surface area contributed by atoms with Gasteiger partial charge in [-0.15, -0.1) is 0 Å². The maximum Gasteiger partial charge on any atom is 0.0992 e. The van der Waals surface area contributed by atoms with Gasteiger partial charge in [0.15, 0.2) is 0 Å². The summed E-state index contributed by atoms with van der Waals surface area (Å²) in [5.74, 6) is 6.17. The molecule has 20 heavy (non-hydrogen) atoms. The molecule has 1 aromatic carbocycles. The van der Waals surface area contributed by atoms with Crippen molar-refractivity contribution in [2.24, 2.45) is 5.84 Å². The number of imidazole rings is 1. The number of nitrogens with zero attached hydrogens (tertiary/aromatic N) is 3. The molecule has 3 rings (SSSR count). The molecule has 0 bridgehead atoms. The Morgan fingerprint density at radius 3 is 2.80 bits per heavy atom. The van der Waals surface area contributed by atoms with Crippen molar-refractivity contribution in [3.63, 3.8) is 0 Å². The van der Waals surface area contributed by atoms with E-state index in [2.05, 4.69) is 4.98 Å². The molecule has 1 saturated heterocycles. The molecule has 0 amide bonds. The monoisotopic (exact) mass is 288 g/mol. The first-order chi connectivity index (χ1) is 9.77. The van der Waals surface area contributed by atoms with E-state index in [-0.39, 0.29) is 0 Å². The fourth-order valence-corrected chi connectivity index (χ4v) is 2.82. The van der Waals surface area contributed by atoms with Crippen LogP contribution in [0, 0.1) is 0 Å². The Hall–Kier alpha value is -1.78. The zero-order valence-corrected chi connectivity index (χ0v) is 11.9. The maximum atomic E-state index is 6.38. The highest BCUT2D eigenvalue weighted by atomic mass is 35.5. The highest BCUT2D eigenvalue weighted by Gasteiger charge is 2.20. The zero-order chi connectivity index (χ0) is 13.9. The van der Waals surface area contributed by atoms with Gasteiger partial charge in [0.1, 0.15) is 0 Å². The molecule has 0 saturated carbocycles. The zero-order valence-electron chi connectivity index (χ0n) is 11.2. The van der Waals surface area contributed by atoms with Crippen LogP contribution in [0.2, 0.25) is 5.02 Å². The lowest BCUT2D eigenvalue weighted by Gasteiger charge is -2.30. The van der Waals surface area contributed by atoms with E-state index in [1.165, 1.54) is 0 Å². The first kappa shape index (κ1) is 13.2. The molecule has 1 fully saturated rings. The van der Waals surface area contributed by atoms with E-state index in [9.17, 15) is 0 Å². The second-order valence-electron chi connectivity index (χ2n) is 4.90. The molecule has 0 radical (unpaired) electrons. The Bertz CT molecular complexity index is 619. The Balaban J connectivity index is 2.19. The lowest BCUT2D eigenvalue weighted by atomic mass is 10.0. The van der Waals surface area contributed by atoms with Crippen molar-refractivity contribution in [2.45, 2.75) is 19.3 Å². The summed E-state index contributed by atoms with van der Waals surface area (Å²) < 4.78 is 1.99. The summed E-state index contributed by atoms with van der Waals surface area (Å²) >= 11 is 6.38. The topological polar surface area (TPSA) is 47.1 Å². The number of piperidine rings is 1. The third-order valence-electron chi connectivity index (χ3n) is 3.57. The van der Waals surface area contributed by atoms with Crippen LogP contribution in [0.1, 0.15) is 24.8 Å². The molecule has 5 heteroatoms. The quantitative estimate of drug-likeness (QED) is 0.864. The maximum absolute atomic E-state index is 6.38. The van der Waals surface area contributed by atoms with Gasteiger partial charge in [0.2, 0.25) is 0 Å². The van der Waals surface area contributed by atoms with Crippen LogP contribution in [0.5, 0.6) is 0 Å². The molecular weight excluding hydrogens is 272 g/mol. The molecule has 0 aliphatic carbocycles. The third kappa shape index (κ3) is 2.44. The number of hydrogen-bond acceptors (Lipinski definition) is 3. The average molecular weight is 289 g/mol. The minimum Gasteiger partial charge on any atom is -0.313 e. The van der Waals surface area contributed by atoms with Crippen LogP contribution in [-0.2, 0) is 0 Å². The molecule has 0 atom stereocenters. The van der Waals surface area contributed by atoms with Gasteiger partial charge in [-0.3, -0.25) is 0 Å². The van der Waals surface area contributed by atoms with E-state index in [4.69, 9.17) is 17.4 Å². The van der Waals surface area contributed by atoms with Gasteiger partial charge in [0.05, 0.1) is 17.7 Å². The number of hydrazine groups is 1. The molecule has 0 unspecified atom stereocenters. The molecule has 1 aliphatic heterocycles. The predicted octanol–water partition coefficient (Wildman–Crippen LogP) is 3.11. The van der Waals surface area contributed by atoms with Crippen molar-refractivity contribution in [3.05, 3.63) is 59.3 Å². The van der Waals surface area contributed by atoms with Gasteiger partial charge in [-0.25, -0.2) is 10.8 Å². The number of rotatable bonds is 2. The standard InChI is InChI=1S/C15H17ClN4/c16-13-6-2-1-5-12(13)15(19-10-8-18-11-19)14-7-3-4-9-20(14)17/h1-2,5-6,8,10-11H,3-4,7,9,17H2. The summed E-state index contributed by atoms with van der Waals surface area (Å²) in [6.07, 6.45) is 8.70. The van der Waals surface area contributed by atoms with Gasteiger partial charge >= 0.3 is 0 Å². The smallest absolute Gasteiger partial charge is 0.0992 e. The molecule has 104 valence electrons. The van der Waals surface area contributed by atoms with Crippen molar-refractivity contribution in [1.29, 1.82) is 0 Å². The van der Waals surface area contributed by atoms with E-state index in [0.717, 1.165) is 47.8 Å². The fourth-order valence-electron chi connectivity index (χ4n) is 2.60. The van der Waals surface area contributed by atoms with Crippen molar-refractivity contribution in [2.75, 3.05) is 6.54 Å². The number of benzene rings is 1. The summed E-state index contributed by atoms with van der Waals surface area (Å²) in [5.41, 5.74) is 3.12. The molecule has 1 aromatic heterocycles. The van der Waals surface area contributed by atoms with Gasteiger partial charge in [-0.1, -0.05) is 29.8 Å². The van der Waals surface area contributed by atoms with Gasteiger partial charge in [0.25, 0.3) is 0 Å². The van der Waals surface area contributed by atoms with Crippen LogP contribution < -0.4 is 5.84 Å². The second-order valence-corrected chi connectivity index (χ2v) is 5.30. The van der Waals surface area contributed by atoms with Crippen LogP contribution in [0.4, 0.5) is 0 Å². The van der Waals surface area contributed by atoms with E-state index >= 15 is 0 Å². The van der Waals surface area contributed by atoms with Gasteiger partial charge < -0.3 is 9.58 Å². The van der Waals surface area contributed by atoms with Crippen molar-refractivity contribution in [1.82, 2.24) is 14.6 Å². The van der Waals surface area contributed by atoms with Crippen molar-refractivity contribution >= 4 is 17.3 Å². The van der Waals surface area contributed by atoms with Gasteiger partial charge in [-0.2, -0.15) is 0 Å². The van der Waals surface area contributed by atoms with E-state index in [0.29, 0.717) is 0 Å². The minimum absolute atomic E-state index is 0.725. The summed E-state index contributed by atoms with van der Waals surface area (Å²) in [6, 6.07) is 7.84. The lowest BCUT2D eigenvalue weighted by molar-refractivity contribution is 0.300. The van der Waals surface area contributed by atoms with E-state index in [1.807, 2.05) is 40.0 Å². The normalized spacial score (nSPS) is 18.2. The highest BCUT2D eigenvalue weighted by molar-refractivity contribution is 6.32. The summed E-state index contributed by atoms with van der Waals surface area (Å²) in [4.78, 5) is 4.14. The molecule has 4 nitrogen and oxygen atoms in total. The fraction of sp³-hybridized carbons (Fsp3) is 0.267. The number of halogens is 1. The van der Waals surface area contributed by atoms with Crippen LogP contribution in [0.25, 0.3) is 5.70 Å². The van der Waals surface area contributed by atoms with E-state index < -0.39 is 0 Å². The molecule has 0 spiro atoms. The van der Waals surface area contributed by atoms with Crippen LogP contribution in [-0.4, -0.2) is 21.1 Å². The Morgan fingerprint density at radius 1 is 1.25 bits per heavy atom. The largest absolute Gasteiger partial charge is 0.313 e. The van der Waals surface area contributed by atoms with E-state index in [1.54, 1.807) is 12.5 Å². The SMILES string of the molecule is NN1CCCCC1=C(c1ccccc1Cl)n1ccnc1. The number of hydrogen-bond donors (Lipinski definition) is 1. The van der Waals surface area contributed by atoms with Crippen LogP contribution in [0.15, 0.2) is 48.7 Å². The number of aromatic nitrogens is 2. The average Bonchev–Trinajstić information content (AvgIpc) is 2.97.